The van der Waals surface area contributed by atoms with Gasteiger partial charge in [-0.2, -0.15) is 0 Å². The quantitative estimate of drug-likeness (QED) is 0.253. The molecule has 4 aromatic rings. The molecule has 0 heterocycles. The fraction of sp³-hybridized carbons (Fsp3) is 0.0370. The van der Waals surface area contributed by atoms with E-state index in [-0.39, 0.29) is 5.97 Å². The Morgan fingerprint density at radius 3 is 1.53 bits per heavy atom. The van der Waals surface area contributed by atoms with Gasteiger partial charge in [0.05, 0.1) is 16.1 Å². The number of halogens is 1. The number of esters is 2. The number of carbonyl (C=O) groups is 2. The van der Waals surface area contributed by atoms with E-state index in [2.05, 4.69) is 0 Å². The smallest absolute Gasteiger partial charge is 0.345 e. The van der Waals surface area contributed by atoms with E-state index in [0.717, 1.165) is 16.7 Å². The average molecular weight is 443 g/mol. The lowest BCUT2D eigenvalue weighted by Crippen LogP contribution is -2.09. The molecule has 5 heteroatoms. The molecule has 0 saturated heterocycles. The summed E-state index contributed by atoms with van der Waals surface area (Å²) in [5.74, 6) is -0.0153. The van der Waals surface area contributed by atoms with Crippen molar-refractivity contribution in [3.8, 4) is 22.6 Å². The zero-order chi connectivity index (χ0) is 22.5. The Hall–Kier alpha value is -3.89. The molecule has 0 fully saturated rings. The molecule has 0 amide bonds. The predicted octanol–water partition coefficient (Wildman–Crippen LogP) is 6.75. The fourth-order valence-electron chi connectivity index (χ4n) is 3.18. The number of benzene rings is 4. The van der Waals surface area contributed by atoms with Crippen molar-refractivity contribution < 1.29 is 19.1 Å². The first kappa shape index (κ1) is 21.3. The van der Waals surface area contributed by atoms with Crippen molar-refractivity contribution in [3.05, 3.63) is 119 Å². The number of aryl methyl sites for hydroxylation is 1. The van der Waals surface area contributed by atoms with E-state index in [1.807, 2.05) is 49.4 Å². The van der Waals surface area contributed by atoms with E-state index < -0.39 is 5.97 Å². The minimum atomic E-state index is -0.511. The fourth-order valence-corrected chi connectivity index (χ4v) is 3.40. The maximum absolute atomic E-state index is 12.4. The molecule has 0 radical (unpaired) electrons. The van der Waals surface area contributed by atoms with E-state index in [1.54, 1.807) is 54.6 Å². The number of hydrogen-bond acceptors (Lipinski definition) is 4. The molecule has 0 aliphatic carbocycles. The molecular weight excluding hydrogens is 424 g/mol. The lowest BCUT2D eigenvalue weighted by atomic mass is 10.1. The number of rotatable bonds is 5. The zero-order valence-electron chi connectivity index (χ0n) is 17.2. The largest absolute Gasteiger partial charge is 0.423 e. The average Bonchev–Trinajstić information content (AvgIpc) is 2.80. The van der Waals surface area contributed by atoms with Crippen LogP contribution >= 0.6 is 11.6 Å². The summed E-state index contributed by atoms with van der Waals surface area (Å²) in [7, 11) is 0. The van der Waals surface area contributed by atoms with Gasteiger partial charge in [-0.05, 0) is 66.1 Å². The topological polar surface area (TPSA) is 52.6 Å². The Morgan fingerprint density at radius 1 is 0.594 bits per heavy atom. The minimum absolute atomic E-state index is 0.314. The van der Waals surface area contributed by atoms with Crippen molar-refractivity contribution in [3.63, 3.8) is 0 Å². The van der Waals surface area contributed by atoms with Gasteiger partial charge in [-0.25, -0.2) is 9.59 Å². The third-order valence-corrected chi connectivity index (χ3v) is 5.25. The zero-order valence-corrected chi connectivity index (χ0v) is 18.0. The first-order chi connectivity index (χ1) is 15.5. The second-order valence-electron chi connectivity index (χ2n) is 7.12. The second kappa shape index (κ2) is 9.50. The second-order valence-corrected chi connectivity index (χ2v) is 7.53. The molecule has 32 heavy (non-hydrogen) atoms. The molecular formula is C27H19ClO4. The number of carbonyl (C=O) groups excluding carboxylic acids is 2. The van der Waals surface area contributed by atoms with Gasteiger partial charge in [0, 0.05) is 0 Å². The Bertz CT molecular complexity index is 1160. The van der Waals surface area contributed by atoms with E-state index in [9.17, 15) is 9.59 Å². The Morgan fingerprint density at radius 2 is 1.03 bits per heavy atom. The predicted molar refractivity (Wildman–Crippen MR) is 124 cm³/mol. The summed E-state index contributed by atoms with van der Waals surface area (Å²) in [6.45, 7) is 1.87. The molecule has 4 aromatic carbocycles. The molecule has 0 aliphatic rings. The molecule has 0 aliphatic heterocycles. The van der Waals surface area contributed by atoms with Gasteiger partial charge in [0.25, 0.3) is 0 Å². The first-order valence-corrected chi connectivity index (χ1v) is 10.3. The molecule has 4 nitrogen and oxygen atoms in total. The Labute approximate surface area is 191 Å². The monoisotopic (exact) mass is 442 g/mol. The lowest BCUT2D eigenvalue weighted by molar-refractivity contribution is 0.0724. The van der Waals surface area contributed by atoms with Crippen LogP contribution in [0.25, 0.3) is 11.1 Å². The summed E-state index contributed by atoms with van der Waals surface area (Å²) >= 11 is 6.05. The van der Waals surface area contributed by atoms with Crippen molar-refractivity contribution in [1.29, 1.82) is 0 Å². The van der Waals surface area contributed by atoms with Crippen LogP contribution in [0.3, 0.4) is 0 Å². The van der Waals surface area contributed by atoms with Gasteiger partial charge in [0.2, 0.25) is 0 Å². The minimum Gasteiger partial charge on any atom is -0.423 e. The number of ether oxygens (including phenoxy) is 2. The van der Waals surface area contributed by atoms with Crippen LogP contribution in [0.2, 0.25) is 5.02 Å². The van der Waals surface area contributed by atoms with Crippen LogP contribution in [0, 0.1) is 6.92 Å². The van der Waals surface area contributed by atoms with Gasteiger partial charge in [-0.15, -0.1) is 0 Å². The summed E-state index contributed by atoms with van der Waals surface area (Å²) in [5, 5.41) is 0.345. The van der Waals surface area contributed by atoms with Gasteiger partial charge in [-0.1, -0.05) is 66.2 Å². The molecule has 0 aromatic heterocycles. The van der Waals surface area contributed by atoms with Crippen molar-refractivity contribution in [2.75, 3.05) is 0 Å². The maximum atomic E-state index is 12.4. The third kappa shape index (κ3) is 4.88. The highest BCUT2D eigenvalue weighted by Crippen LogP contribution is 2.26. The van der Waals surface area contributed by atoms with E-state index in [0.29, 0.717) is 27.6 Å². The molecule has 0 saturated carbocycles. The van der Waals surface area contributed by atoms with Crippen LogP contribution in [0.5, 0.6) is 11.5 Å². The molecule has 0 bridgehead atoms. The van der Waals surface area contributed by atoms with Gasteiger partial charge in [0.1, 0.15) is 11.5 Å². The molecule has 0 N–H and O–H groups in total. The molecule has 158 valence electrons. The highest BCUT2D eigenvalue weighted by atomic mass is 35.5. The molecule has 0 unspecified atom stereocenters. The van der Waals surface area contributed by atoms with Crippen LogP contribution in [0.15, 0.2) is 97.1 Å². The SMILES string of the molecule is Cc1ccccc1C(=O)Oc1ccc(-c2ccc(OC(=O)c3ccccc3Cl)cc2)cc1. The lowest BCUT2D eigenvalue weighted by Gasteiger charge is -2.09. The normalized spacial score (nSPS) is 10.4. The number of hydrogen-bond donors (Lipinski definition) is 0. The third-order valence-electron chi connectivity index (χ3n) is 4.92. The molecule has 0 spiro atoms. The van der Waals surface area contributed by atoms with Gasteiger partial charge in [-0.3, -0.25) is 0 Å². The van der Waals surface area contributed by atoms with Gasteiger partial charge >= 0.3 is 11.9 Å². The van der Waals surface area contributed by atoms with E-state index in [4.69, 9.17) is 21.1 Å². The van der Waals surface area contributed by atoms with Crippen molar-refractivity contribution in [1.82, 2.24) is 0 Å². The van der Waals surface area contributed by atoms with E-state index in [1.165, 1.54) is 0 Å². The summed E-state index contributed by atoms with van der Waals surface area (Å²) < 4.78 is 10.9. The van der Waals surface area contributed by atoms with E-state index >= 15 is 0 Å². The first-order valence-electron chi connectivity index (χ1n) is 9.96. The maximum Gasteiger partial charge on any atom is 0.345 e. The Balaban J connectivity index is 1.42. The van der Waals surface area contributed by atoms with Gasteiger partial charge < -0.3 is 9.47 Å². The van der Waals surface area contributed by atoms with Crippen molar-refractivity contribution >= 4 is 23.5 Å². The highest BCUT2D eigenvalue weighted by molar-refractivity contribution is 6.33. The van der Waals surface area contributed by atoms with Crippen LogP contribution in [-0.2, 0) is 0 Å². The van der Waals surface area contributed by atoms with Crippen LogP contribution < -0.4 is 9.47 Å². The van der Waals surface area contributed by atoms with Crippen LogP contribution in [0.1, 0.15) is 26.3 Å². The highest BCUT2D eigenvalue weighted by Gasteiger charge is 2.13. The molecule has 0 atom stereocenters. The Kier molecular flexibility index (Phi) is 6.34. The summed E-state index contributed by atoms with van der Waals surface area (Å²) in [4.78, 5) is 24.7. The van der Waals surface area contributed by atoms with Crippen LogP contribution in [0.4, 0.5) is 0 Å². The summed E-state index contributed by atoms with van der Waals surface area (Å²) in [6.07, 6.45) is 0. The summed E-state index contributed by atoms with van der Waals surface area (Å²) in [6, 6.07) is 28.4. The van der Waals surface area contributed by atoms with Crippen molar-refractivity contribution in [2.45, 2.75) is 6.92 Å². The van der Waals surface area contributed by atoms with Crippen molar-refractivity contribution in [2.24, 2.45) is 0 Å². The summed E-state index contributed by atoms with van der Waals surface area (Å²) in [5.41, 5.74) is 3.58. The van der Waals surface area contributed by atoms with Gasteiger partial charge in [0.15, 0.2) is 0 Å². The standard InChI is InChI=1S/C27H19ClO4/c1-18-6-2-3-7-23(18)26(29)31-21-14-10-19(11-15-21)20-12-16-22(17-13-20)32-27(30)24-8-4-5-9-25(24)28/h2-17H,1H3. The molecule has 4 rings (SSSR count). The van der Waals surface area contributed by atoms with Crippen LogP contribution in [-0.4, -0.2) is 11.9 Å².